The fourth-order valence-corrected chi connectivity index (χ4v) is 2.91. The normalized spacial score (nSPS) is 11.8. The van der Waals surface area contributed by atoms with Gasteiger partial charge in [-0.2, -0.15) is 0 Å². The number of amides is 1. The van der Waals surface area contributed by atoms with E-state index >= 15 is 0 Å². The van der Waals surface area contributed by atoms with E-state index in [4.69, 9.17) is 11.6 Å². The van der Waals surface area contributed by atoms with Crippen LogP contribution < -0.4 is 10.6 Å². The first kappa shape index (κ1) is 15.9. The molecule has 0 radical (unpaired) electrons. The van der Waals surface area contributed by atoms with Gasteiger partial charge in [-0.1, -0.05) is 45.7 Å². The van der Waals surface area contributed by atoms with Crippen molar-refractivity contribution in [2.24, 2.45) is 0 Å². The average molecular weight is 368 g/mol. The van der Waals surface area contributed by atoms with Crippen molar-refractivity contribution in [3.63, 3.8) is 0 Å². The van der Waals surface area contributed by atoms with Gasteiger partial charge in [0.2, 0.25) is 5.91 Å². The topological polar surface area (TPSA) is 41.1 Å². The molecule has 110 valence electrons. The molecule has 0 saturated heterocycles. The zero-order chi connectivity index (χ0) is 15.4. The highest BCUT2D eigenvalue weighted by molar-refractivity contribution is 9.10. The largest absolute Gasteiger partial charge is 0.378 e. The first-order valence-electron chi connectivity index (χ1n) is 6.55. The summed E-state index contributed by atoms with van der Waals surface area (Å²) in [5.41, 5.74) is 2.68. The van der Waals surface area contributed by atoms with E-state index in [9.17, 15) is 4.79 Å². The molecule has 2 rings (SSSR count). The summed E-state index contributed by atoms with van der Waals surface area (Å²) >= 11 is 9.72. The smallest absolute Gasteiger partial charge is 0.221 e. The van der Waals surface area contributed by atoms with E-state index < -0.39 is 0 Å². The number of benzene rings is 2. The zero-order valence-corrected chi connectivity index (χ0v) is 14.1. The Bertz CT molecular complexity index is 660. The first-order valence-corrected chi connectivity index (χ1v) is 7.72. The maximum atomic E-state index is 11.1. The molecule has 0 saturated carbocycles. The Balaban J connectivity index is 2.15. The van der Waals surface area contributed by atoms with E-state index in [1.807, 2.05) is 24.3 Å². The van der Waals surface area contributed by atoms with Gasteiger partial charge in [0.1, 0.15) is 0 Å². The Morgan fingerprint density at radius 1 is 1.24 bits per heavy atom. The minimum atomic E-state index is -0.140. The van der Waals surface area contributed by atoms with Gasteiger partial charge in [-0.3, -0.25) is 4.79 Å². The fraction of sp³-hybridized carbons (Fsp3) is 0.188. The van der Waals surface area contributed by atoms with Crippen LogP contribution in [0.4, 0.5) is 11.4 Å². The monoisotopic (exact) mass is 366 g/mol. The molecule has 1 unspecified atom stereocenters. The van der Waals surface area contributed by atoms with Crippen LogP contribution in [0.2, 0.25) is 5.02 Å². The Kier molecular flexibility index (Phi) is 5.26. The van der Waals surface area contributed by atoms with Gasteiger partial charge in [0.05, 0.1) is 10.7 Å². The second-order valence-electron chi connectivity index (χ2n) is 4.76. The molecule has 0 spiro atoms. The fourth-order valence-electron chi connectivity index (χ4n) is 2.05. The summed E-state index contributed by atoms with van der Waals surface area (Å²) in [4.78, 5) is 11.1. The predicted octanol–water partition coefficient (Wildman–Crippen LogP) is 5.23. The van der Waals surface area contributed by atoms with Gasteiger partial charge in [0.15, 0.2) is 0 Å². The number of rotatable bonds is 4. The third-order valence-corrected chi connectivity index (χ3v) is 4.07. The number of anilines is 2. The third kappa shape index (κ3) is 4.22. The molecule has 0 heterocycles. The van der Waals surface area contributed by atoms with Crippen LogP contribution in [0.5, 0.6) is 0 Å². The van der Waals surface area contributed by atoms with Crippen molar-refractivity contribution in [3.8, 4) is 0 Å². The summed E-state index contributed by atoms with van der Waals surface area (Å²) in [5, 5.41) is 6.59. The van der Waals surface area contributed by atoms with Crippen molar-refractivity contribution in [2.45, 2.75) is 19.9 Å². The van der Waals surface area contributed by atoms with Crippen LogP contribution in [0.25, 0.3) is 0 Å². The van der Waals surface area contributed by atoms with Crippen LogP contribution in [0.3, 0.4) is 0 Å². The number of carbonyl (C=O) groups excluding carboxylic acids is 1. The van der Waals surface area contributed by atoms with Gasteiger partial charge in [-0.05, 0) is 36.8 Å². The maximum absolute atomic E-state index is 11.1. The van der Waals surface area contributed by atoms with Crippen molar-refractivity contribution >= 4 is 44.8 Å². The van der Waals surface area contributed by atoms with Gasteiger partial charge >= 0.3 is 0 Å². The van der Waals surface area contributed by atoms with E-state index in [0.717, 1.165) is 10.2 Å². The van der Waals surface area contributed by atoms with E-state index in [1.54, 1.807) is 12.1 Å². The lowest BCUT2D eigenvalue weighted by atomic mass is 10.1. The van der Waals surface area contributed by atoms with Gasteiger partial charge in [0.25, 0.3) is 0 Å². The van der Waals surface area contributed by atoms with Gasteiger partial charge in [-0.15, -0.1) is 0 Å². The molecule has 1 amide bonds. The molecule has 2 N–H and O–H groups in total. The molecule has 0 aromatic heterocycles. The van der Waals surface area contributed by atoms with Crippen LogP contribution in [0.15, 0.2) is 46.9 Å². The van der Waals surface area contributed by atoms with Crippen molar-refractivity contribution in [1.29, 1.82) is 0 Å². The van der Waals surface area contributed by atoms with E-state index in [0.29, 0.717) is 10.7 Å². The van der Waals surface area contributed by atoms with Crippen LogP contribution in [0.1, 0.15) is 25.5 Å². The van der Waals surface area contributed by atoms with Crippen molar-refractivity contribution in [1.82, 2.24) is 0 Å². The molecule has 0 aliphatic carbocycles. The molecule has 0 aliphatic rings. The molecular formula is C16H16BrClN2O. The zero-order valence-electron chi connectivity index (χ0n) is 11.8. The molecule has 0 bridgehead atoms. The van der Waals surface area contributed by atoms with Crippen molar-refractivity contribution in [3.05, 3.63) is 57.5 Å². The summed E-state index contributed by atoms with van der Waals surface area (Å²) in [6.45, 7) is 3.53. The number of nitrogens with one attached hydrogen (secondary N) is 2. The molecule has 2 aromatic carbocycles. The van der Waals surface area contributed by atoms with Crippen LogP contribution in [-0.2, 0) is 4.79 Å². The lowest BCUT2D eigenvalue weighted by molar-refractivity contribution is -0.114. The Morgan fingerprint density at radius 2 is 1.95 bits per heavy atom. The standard InChI is InChI=1S/C16H16BrClN2O/c1-10(13-5-3-4-6-14(13)17)19-12-7-8-16(15(18)9-12)20-11(2)21/h3-10,19H,1-2H3,(H,20,21). The quantitative estimate of drug-likeness (QED) is 0.776. The number of hydrogen-bond acceptors (Lipinski definition) is 2. The summed E-state index contributed by atoms with van der Waals surface area (Å²) in [6.07, 6.45) is 0. The minimum Gasteiger partial charge on any atom is -0.378 e. The Hall–Kier alpha value is -1.52. The summed E-state index contributed by atoms with van der Waals surface area (Å²) < 4.78 is 1.06. The van der Waals surface area contributed by atoms with Crippen molar-refractivity contribution < 1.29 is 4.79 Å². The van der Waals surface area contributed by atoms with E-state index in [-0.39, 0.29) is 11.9 Å². The number of carbonyl (C=O) groups is 1. The second kappa shape index (κ2) is 6.96. The predicted molar refractivity (Wildman–Crippen MR) is 91.9 cm³/mol. The minimum absolute atomic E-state index is 0.128. The van der Waals surface area contributed by atoms with E-state index in [1.165, 1.54) is 12.5 Å². The molecule has 0 fully saturated rings. The summed E-state index contributed by atoms with van der Waals surface area (Å²) in [5.74, 6) is -0.140. The lowest BCUT2D eigenvalue weighted by Gasteiger charge is -2.18. The lowest BCUT2D eigenvalue weighted by Crippen LogP contribution is -2.09. The second-order valence-corrected chi connectivity index (χ2v) is 6.02. The Morgan fingerprint density at radius 3 is 2.57 bits per heavy atom. The highest BCUT2D eigenvalue weighted by Gasteiger charge is 2.10. The average Bonchev–Trinajstić information content (AvgIpc) is 2.42. The SMILES string of the molecule is CC(=O)Nc1ccc(NC(C)c2ccccc2Br)cc1Cl. The van der Waals surface area contributed by atoms with Crippen LogP contribution in [0, 0.1) is 0 Å². The van der Waals surface area contributed by atoms with Crippen LogP contribution in [-0.4, -0.2) is 5.91 Å². The highest BCUT2D eigenvalue weighted by Crippen LogP contribution is 2.29. The molecule has 21 heavy (non-hydrogen) atoms. The van der Waals surface area contributed by atoms with Crippen LogP contribution >= 0.6 is 27.5 Å². The number of hydrogen-bond donors (Lipinski definition) is 2. The van der Waals surface area contributed by atoms with E-state index in [2.05, 4.69) is 39.6 Å². The maximum Gasteiger partial charge on any atom is 0.221 e. The summed E-state index contributed by atoms with van der Waals surface area (Å²) in [6, 6.07) is 13.7. The molecular weight excluding hydrogens is 352 g/mol. The summed E-state index contributed by atoms with van der Waals surface area (Å²) in [7, 11) is 0. The molecule has 2 aromatic rings. The molecule has 1 atom stereocenters. The van der Waals surface area contributed by atoms with Gasteiger partial charge < -0.3 is 10.6 Å². The van der Waals surface area contributed by atoms with Gasteiger partial charge in [0, 0.05) is 23.1 Å². The first-order chi connectivity index (χ1) is 9.97. The molecule has 3 nitrogen and oxygen atoms in total. The third-order valence-electron chi connectivity index (χ3n) is 3.03. The molecule has 0 aliphatic heterocycles. The van der Waals surface area contributed by atoms with Gasteiger partial charge in [-0.25, -0.2) is 0 Å². The molecule has 5 heteroatoms. The number of halogens is 2. The Labute approximate surface area is 137 Å². The van der Waals surface area contributed by atoms with Crippen molar-refractivity contribution in [2.75, 3.05) is 10.6 Å². The highest BCUT2D eigenvalue weighted by atomic mass is 79.9.